The first-order valence-corrected chi connectivity index (χ1v) is 9.65. The van der Waals surface area contributed by atoms with E-state index in [1.807, 2.05) is 24.3 Å². The standard InChI is InChI=1S/C20H26N2O4/c23-20(22-12-15-6-4-10-25-15)19-17(13-21-11-14-5-3-9-24-14)16-7-1-2-8-18(16)26-19/h1-2,7-8,14-15,21H,3-6,9-13H2,(H,22,23)/p+1/t14-,15-/m0/s1. The van der Waals surface area contributed by atoms with Gasteiger partial charge in [0.05, 0.1) is 11.7 Å². The average Bonchev–Trinajstić information content (AvgIpc) is 3.41. The maximum atomic E-state index is 12.7. The van der Waals surface area contributed by atoms with Crippen LogP contribution in [0.3, 0.4) is 0 Å². The summed E-state index contributed by atoms with van der Waals surface area (Å²) in [6.45, 7) is 3.81. The lowest BCUT2D eigenvalue weighted by Crippen LogP contribution is -2.84. The van der Waals surface area contributed by atoms with E-state index in [2.05, 4.69) is 10.6 Å². The van der Waals surface area contributed by atoms with Crippen molar-refractivity contribution in [3.05, 3.63) is 35.6 Å². The lowest BCUT2D eigenvalue weighted by atomic mass is 10.1. The highest BCUT2D eigenvalue weighted by Crippen LogP contribution is 2.25. The monoisotopic (exact) mass is 359 g/mol. The molecule has 4 rings (SSSR count). The topological polar surface area (TPSA) is 77.3 Å². The molecule has 2 aromatic rings. The fraction of sp³-hybridized carbons (Fsp3) is 0.550. The van der Waals surface area contributed by atoms with E-state index in [1.54, 1.807) is 0 Å². The minimum absolute atomic E-state index is 0.123. The molecule has 0 bridgehead atoms. The highest BCUT2D eigenvalue weighted by molar-refractivity contribution is 5.99. The van der Waals surface area contributed by atoms with E-state index in [0.717, 1.165) is 62.0 Å². The Balaban J connectivity index is 1.46. The summed E-state index contributed by atoms with van der Waals surface area (Å²) in [5, 5.41) is 6.20. The van der Waals surface area contributed by atoms with Crippen molar-refractivity contribution in [3.63, 3.8) is 0 Å². The molecule has 3 N–H and O–H groups in total. The summed E-state index contributed by atoms with van der Waals surface area (Å²) < 4.78 is 17.2. The third-order valence-electron chi connectivity index (χ3n) is 5.22. The Kier molecular flexibility index (Phi) is 5.53. The molecule has 0 radical (unpaired) electrons. The Morgan fingerprint density at radius 3 is 2.65 bits per heavy atom. The lowest BCUT2D eigenvalue weighted by Gasteiger charge is -2.11. The molecule has 2 fully saturated rings. The first kappa shape index (κ1) is 17.5. The highest BCUT2D eigenvalue weighted by atomic mass is 16.5. The summed E-state index contributed by atoms with van der Waals surface area (Å²) in [7, 11) is 0. The molecule has 3 heterocycles. The zero-order valence-electron chi connectivity index (χ0n) is 15.0. The van der Waals surface area contributed by atoms with Crippen LogP contribution in [-0.4, -0.2) is 44.4 Å². The number of rotatable bonds is 7. The van der Waals surface area contributed by atoms with Gasteiger partial charge in [-0.3, -0.25) is 4.79 Å². The molecule has 0 spiro atoms. The molecule has 2 atom stereocenters. The molecule has 6 nitrogen and oxygen atoms in total. The van der Waals surface area contributed by atoms with Crippen LogP contribution < -0.4 is 10.6 Å². The maximum absolute atomic E-state index is 12.7. The molecule has 1 aromatic heterocycles. The second-order valence-electron chi connectivity index (χ2n) is 7.11. The van der Waals surface area contributed by atoms with Gasteiger partial charge in [0.15, 0.2) is 0 Å². The van der Waals surface area contributed by atoms with Gasteiger partial charge in [0.1, 0.15) is 24.8 Å². The summed E-state index contributed by atoms with van der Waals surface area (Å²) in [6.07, 6.45) is 4.78. The first-order chi connectivity index (χ1) is 12.8. The van der Waals surface area contributed by atoms with Crippen LogP contribution in [-0.2, 0) is 16.0 Å². The maximum Gasteiger partial charge on any atom is 0.287 e. The van der Waals surface area contributed by atoms with Crippen LogP contribution in [0.1, 0.15) is 41.8 Å². The van der Waals surface area contributed by atoms with Crippen LogP contribution in [0.15, 0.2) is 28.7 Å². The number of amides is 1. The predicted molar refractivity (Wildman–Crippen MR) is 97.0 cm³/mol. The SMILES string of the molecule is O=C(NC[C@@H]1CCCO1)c1oc2ccccc2c1C[NH2+]C[C@@H]1CCCO1. The molecular formula is C20H27N2O4+. The third kappa shape index (κ3) is 3.92. The van der Waals surface area contributed by atoms with Gasteiger partial charge in [-0.05, 0) is 31.7 Å². The molecule has 0 saturated carbocycles. The van der Waals surface area contributed by atoms with Crippen molar-refractivity contribution in [2.75, 3.05) is 26.3 Å². The first-order valence-electron chi connectivity index (χ1n) is 9.65. The number of para-hydroxylation sites is 1. The normalized spacial score (nSPS) is 22.9. The van der Waals surface area contributed by atoms with Crippen LogP contribution >= 0.6 is 0 Å². The van der Waals surface area contributed by atoms with Crippen LogP contribution in [0, 0.1) is 0 Å². The predicted octanol–water partition coefficient (Wildman–Crippen LogP) is 1.58. The van der Waals surface area contributed by atoms with Crippen LogP contribution in [0.25, 0.3) is 11.0 Å². The van der Waals surface area contributed by atoms with Crippen molar-refractivity contribution in [2.24, 2.45) is 0 Å². The van der Waals surface area contributed by atoms with Gasteiger partial charge in [-0.15, -0.1) is 0 Å². The number of nitrogens with one attached hydrogen (secondary N) is 1. The van der Waals surface area contributed by atoms with Gasteiger partial charge in [0, 0.05) is 25.1 Å². The molecule has 140 valence electrons. The van der Waals surface area contributed by atoms with Crippen molar-refractivity contribution in [2.45, 2.75) is 44.4 Å². The molecule has 26 heavy (non-hydrogen) atoms. The van der Waals surface area contributed by atoms with E-state index < -0.39 is 0 Å². The Morgan fingerprint density at radius 2 is 1.88 bits per heavy atom. The third-order valence-corrected chi connectivity index (χ3v) is 5.22. The van der Waals surface area contributed by atoms with E-state index in [9.17, 15) is 4.79 Å². The summed E-state index contributed by atoms with van der Waals surface area (Å²) in [5.41, 5.74) is 1.72. The molecule has 1 amide bonds. The number of quaternary nitrogens is 1. The van der Waals surface area contributed by atoms with Crippen molar-refractivity contribution < 1.29 is 24.0 Å². The van der Waals surface area contributed by atoms with Crippen molar-refractivity contribution in [1.29, 1.82) is 0 Å². The Hall–Kier alpha value is -1.89. The van der Waals surface area contributed by atoms with Crippen LogP contribution in [0.4, 0.5) is 0 Å². The molecule has 0 aliphatic carbocycles. The van der Waals surface area contributed by atoms with Gasteiger partial charge in [-0.2, -0.15) is 0 Å². The number of carbonyl (C=O) groups excluding carboxylic acids is 1. The van der Waals surface area contributed by atoms with Gasteiger partial charge in [-0.1, -0.05) is 18.2 Å². The zero-order chi connectivity index (χ0) is 17.8. The largest absolute Gasteiger partial charge is 0.450 e. The minimum Gasteiger partial charge on any atom is -0.450 e. The number of fused-ring (bicyclic) bond motifs is 1. The molecular weight excluding hydrogens is 332 g/mol. The quantitative estimate of drug-likeness (QED) is 0.787. The summed E-state index contributed by atoms with van der Waals surface area (Å²) in [6, 6.07) is 7.84. The van der Waals surface area contributed by atoms with Crippen molar-refractivity contribution in [3.8, 4) is 0 Å². The van der Waals surface area contributed by atoms with Crippen molar-refractivity contribution in [1.82, 2.24) is 5.32 Å². The molecule has 0 unspecified atom stereocenters. The van der Waals surface area contributed by atoms with Gasteiger partial charge >= 0.3 is 0 Å². The number of furan rings is 1. The van der Waals surface area contributed by atoms with E-state index in [4.69, 9.17) is 13.9 Å². The molecule has 2 saturated heterocycles. The number of nitrogens with two attached hydrogens (primary N) is 1. The fourth-order valence-electron chi connectivity index (χ4n) is 3.82. The minimum atomic E-state index is -0.155. The number of hydrogen-bond donors (Lipinski definition) is 2. The zero-order valence-corrected chi connectivity index (χ0v) is 15.0. The Labute approximate surface area is 153 Å². The molecule has 2 aliphatic heterocycles. The van der Waals surface area contributed by atoms with E-state index in [0.29, 0.717) is 25.0 Å². The fourth-order valence-corrected chi connectivity index (χ4v) is 3.82. The summed E-state index contributed by atoms with van der Waals surface area (Å²) in [5.74, 6) is 0.269. The Bertz CT molecular complexity index is 745. The Morgan fingerprint density at radius 1 is 1.12 bits per heavy atom. The van der Waals surface area contributed by atoms with Gasteiger partial charge < -0.3 is 24.5 Å². The molecule has 1 aromatic carbocycles. The highest BCUT2D eigenvalue weighted by Gasteiger charge is 2.24. The van der Waals surface area contributed by atoms with Crippen LogP contribution in [0.5, 0.6) is 0 Å². The van der Waals surface area contributed by atoms with Gasteiger partial charge in [-0.25, -0.2) is 0 Å². The molecule has 6 heteroatoms. The summed E-state index contributed by atoms with van der Waals surface area (Å²) in [4.78, 5) is 12.7. The second kappa shape index (κ2) is 8.20. The van der Waals surface area contributed by atoms with Gasteiger partial charge in [0.2, 0.25) is 5.76 Å². The second-order valence-corrected chi connectivity index (χ2v) is 7.11. The number of hydrogen-bond acceptors (Lipinski definition) is 4. The smallest absolute Gasteiger partial charge is 0.287 e. The lowest BCUT2D eigenvalue weighted by molar-refractivity contribution is -0.676. The van der Waals surface area contributed by atoms with Crippen LogP contribution in [0.2, 0.25) is 0 Å². The number of carbonyl (C=O) groups is 1. The van der Waals surface area contributed by atoms with E-state index >= 15 is 0 Å². The van der Waals surface area contributed by atoms with Gasteiger partial charge in [0.25, 0.3) is 5.91 Å². The number of benzene rings is 1. The number of ether oxygens (including phenoxy) is 2. The van der Waals surface area contributed by atoms with E-state index in [-0.39, 0.29) is 12.0 Å². The summed E-state index contributed by atoms with van der Waals surface area (Å²) >= 11 is 0. The average molecular weight is 359 g/mol. The van der Waals surface area contributed by atoms with Crippen molar-refractivity contribution >= 4 is 16.9 Å². The molecule has 2 aliphatic rings. The van der Waals surface area contributed by atoms with E-state index in [1.165, 1.54) is 0 Å².